The van der Waals surface area contributed by atoms with Gasteiger partial charge in [0.25, 0.3) is 0 Å². The highest BCUT2D eigenvalue weighted by atomic mass is 19.4. The van der Waals surface area contributed by atoms with Gasteiger partial charge in [0.2, 0.25) is 0 Å². The van der Waals surface area contributed by atoms with Crippen LogP contribution in [0.15, 0.2) is 69.0 Å². The van der Waals surface area contributed by atoms with Crippen LogP contribution in [0.1, 0.15) is 44.7 Å². The topological polar surface area (TPSA) is 102 Å². The molecule has 8 nitrogen and oxygen atoms in total. The second-order valence-electron chi connectivity index (χ2n) is 7.87. The molecule has 36 heavy (non-hydrogen) atoms. The van der Waals surface area contributed by atoms with E-state index < -0.39 is 35.6 Å². The van der Waals surface area contributed by atoms with Crippen LogP contribution in [0.3, 0.4) is 0 Å². The van der Waals surface area contributed by atoms with Gasteiger partial charge in [-0.25, -0.2) is 9.59 Å². The van der Waals surface area contributed by atoms with E-state index in [9.17, 15) is 35.9 Å². The number of hydrogen-bond acceptors (Lipinski definition) is 8. The third kappa shape index (κ3) is 4.79. The molecule has 0 aliphatic carbocycles. The van der Waals surface area contributed by atoms with Gasteiger partial charge in [-0.3, -0.25) is 0 Å². The summed E-state index contributed by atoms with van der Waals surface area (Å²) in [4.78, 5) is 24.1. The molecule has 0 bridgehead atoms. The minimum Gasteiger partial charge on any atom is -0.462 e. The normalized spacial score (nSPS) is 16.9. The molecular formula is C22H16F6N4O4. The summed E-state index contributed by atoms with van der Waals surface area (Å²) in [5, 5.41) is 12.3. The fraction of sp³-hybridized carbons (Fsp3) is 0.364. The van der Waals surface area contributed by atoms with Crippen LogP contribution in [0.25, 0.3) is 0 Å². The molecule has 0 spiro atoms. The van der Waals surface area contributed by atoms with Gasteiger partial charge in [-0.1, -0.05) is 24.3 Å². The van der Waals surface area contributed by atoms with E-state index >= 15 is 0 Å². The quantitative estimate of drug-likeness (QED) is 0.238. The number of unbranched alkanes of at least 4 members (excludes halogenated alkanes) is 1. The van der Waals surface area contributed by atoms with Gasteiger partial charge in [0.1, 0.15) is 0 Å². The van der Waals surface area contributed by atoms with Gasteiger partial charge in [-0.2, -0.15) is 26.3 Å². The van der Waals surface area contributed by atoms with E-state index in [2.05, 4.69) is 20.5 Å². The van der Waals surface area contributed by atoms with Crippen molar-refractivity contribution >= 4 is 11.9 Å². The summed E-state index contributed by atoms with van der Waals surface area (Å²) in [5.74, 6) is -1.48. The Bertz CT molecular complexity index is 1100. The highest BCUT2D eigenvalue weighted by molar-refractivity contribution is 5.90. The van der Waals surface area contributed by atoms with Crippen molar-refractivity contribution in [2.24, 2.45) is 20.5 Å². The second-order valence-corrected chi connectivity index (χ2v) is 7.87. The van der Waals surface area contributed by atoms with Crippen molar-refractivity contribution in [3.05, 3.63) is 70.8 Å². The summed E-state index contributed by atoms with van der Waals surface area (Å²) < 4.78 is 88.1. The molecule has 0 radical (unpaired) electrons. The maximum atomic E-state index is 13.0. The van der Waals surface area contributed by atoms with Gasteiger partial charge in [-0.15, -0.1) is 20.5 Å². The predicted octanol–water partition coefficient (Wildman–Crippen LogP) is 5.84. The summed E-state index contributed by atoms with van der Waals surface area (Å²) in [6, 6.07) is 9.15. The number of nitrogens with zero attached hydrogens (tertiary/aromatic N) is 4. The van der Waals surface area contributed by atoms with Crippen LogP contribution in [0.2, 0.25) is 0 Å². The lowest BCUT2D eigenvalue weighted by Gasteiger charge is -2.15. The molecule has 2 aliphatic heterocycles. The van der Waals surface area contributed by atoms with Crippen molar-refractivity contribution in [2.45, 2.75) is 36.5 Å². The third-order valence-corrected chi connectivity index (χ3v) is 5.44. The fourth-order valence-corrected chi connectivity index (χ4v) is 3.26. The van der Waals surface area contributed by atoms with E-state index in [0.717, 1.165) is 24.3 Å². The average Bonchev–Trinajstić information content (AvgIpc) is 3.74. The Morgan fingerprint density at radius 1 is 0.611 bits per heavy atom. The van der Waals surface area contributed by atoms with Crippen LogP contribution >= 0.6 is 0 Å². The summed E-state index contributed by atoms with van der Waals surface area (Å²) in [6.07, 6.45) is -8.69. The average molecular weight is 514 g/mol. The first-order chi connectivity index (χ1) is 16.9. The molecule has 0 saturated carbocycles. The van der Waals surface area contributed by atoms with Crippen molar-refractivity contribution in [3.8, 4) is 0 Å². The molecule has 4 rings (SSSR count). The zero-order valence-electron chi connectivity index (χ0n) is 18.1. The summed E-state index contributed by atoms with van der Waals surface area (Å²) in [7, 11) is 0. The van der Waals surface area contributed by atoms with Crippen molar-refractivity contribution < 1.29 is 45.4 Å². The first kappa shape index (κ1) is 25.3. The first-order valence-corrected chi connectivity index (χ1v) is 10.5. The number of benzene rings is 2. The standard InChI is InChI=1S/C22H16F6N4O4/c23-21(24,25)19(29-30-19)15-7-3-13(4-8-15)17(33)35-11-1-2-12-36-18(34)14-5-9-16(10-6-14)20(31-32-20)22(26,27)28/h3-10H,1-2,11-12H2. The van der Waals surface area contributed by atoms with Gasteiger partial charge < -0.3 is 9.47 Å². The van der Waals surface area contributed by atoms with Gasteiger partial charge in [0, 0.05) is 11.1 Å². The third-order valence-electron chi connectivity index (χ3n) is 5.44. The zero-order chi connectivity index (χ0) is 26.2. The highest BCUT2D eigenvalue weighted by Gasteiger charge is 2.65. The Hall–Kier alpha value is -3.84. The van der Waals surface area contributed by atoms with Crippen molar-refractivity contribution in [3.63, 3.8) is 0 Å². The van der Waals surface area contributed by atoms with Gasteiger partial charge in [0.15, 0.2) is 0 Å². The fourth-order valence-electron chi connectivity index (χ4n) is 3.26. The van der Waals surface area contributed by atoms with E-state index in [1.807, 2.05) is 0 Å². The molecular weight excluding hydrogens is 498 g/mol. The highest BCUT2D eigenvalue weighted by Crippen LogP contribution is 2.53. The lowest BCUT2D eigenvalue weighted by Crippen LogP contribution is -2.30. The van der Waals surface area contributed by atoms with Gasteiger partial charge >= 0.3 is 35.6 Å². The van der Waals surface area contributed by atoms with Crippen LogP contribution in [0, 0.1) is 0 Å². The Kier molecular flexibility index (Phi) is 6.31. The smallest absolute Gasteiger partial charge is 0.442 e. The van der Waals surface area contributed by atoms with Gasteiger partial charge in [-0.05, 0) is 37.1 Å². The van der Waals surface area contributed by atoms with Gasteiger partial charge in [0.05, 0.1) is 24.3 Å². The van der Waals surface area contributed by atoms with E-state index in [-0.39, 0.29) is 35.5 Å². The molecule has 2 aromatic rings. The van der Waals surface area contributed by atoms with Crippen molar-refractivity contribution in [1.82, 2.24) is 0 Å². The minimum absolute atomic E-state index is 0.0312. The molecule has 14 heteroatoms. The SMILES string of the molecule is O=C(OCCCCOC(=O)c1ccc(C2(C(F)(F)F)N=N2)cc1)c1ccc(C2(C(F)(F)F)N=N2)cc1. The lowest BCUT2D eigenvalue weighted by atomic mass is 10.0. The molecule has 0 atom stereocenters. The first-order valence-electron chi connectivity index (χ1n) is 10.5. The molecule has 0 fully saturated rings. The van der Waals surface area contributed by atoms with E-state index in [1.165, 1.54) is 24.3 Å². The summed E-state index contributed by atoms with van der Waals surface area (Å²) in [5.41, 5.74) is -5.46. The zero-order valence-corrected chi connectivity index (χ0v) is 18.1. The van der Waals surface area contributed by atoms with Crippen LogP contribution in [0.4, 0.5) is 26.3 Å². The largest absolute Gasteiger partial charge is 0.462 e. The predicted molar refractivity (Wildman–Crippen MR) is 108 cm³/mol. The molecule has 0 N–H and O–H groups in total. The summed E-state index contributed by atoms with van der Waals surface area (Å²) >= 11 is 0. The number of halogens is 6. The lowest BCUT2D eigenvalue weighted by molar-refractivity contribution is -0.166. The number of alkyl halides is 6. The van der Waals surface area contributed by atoms with Crippen LogP contribution in [-0.2, 0) is 20.8 Å². The second kappa shape index (κ2) is 8.99. The maximum absolute atomic E-state index is 13.0. The van der Waals surface area contributed by atoms with Crippen LogP contribution in [-0.4, -0.2) is 37.5 Å². The van der Waals surface area contributed by atoms with Crippen LogP contribution in [0.5, 0.6) is 0 Å². The molecule has 2 aromatic carbocycles. The van der Waals surface area contributed by atoms with Crippen molar-refractivity contribution in [1.29, 1.82) is 0 Å². The Morgan fingerprint density at radius 3 is 1.17 bits per heavy atom. The molecule has 2 aliphatic rings. The number of ether oxygens (including phenoxy) is 2. The van der Waals surface area contributed by atoms with E-state index in [4.69, 9.17) is 9.47 Å². The van der Waals surface area contributed by atoms with Crippen LogP contribution < -0.4 is 0 Å². The summed E-state index contributed by atoms with van der Waals surface area (Å²) in [6.45, 7) is -0.0625. The minimum atomic E-state index is -4.67. The molecule has 190 valence electrons. The number of carbonyl (C=O) groups is 2. The maximum Gasteiger partial charge on any atom is 0.442 e. The number of rotatable bonds is 9. The Morgan fingerprint density at radius 2 is 0.917 bits per heavy atom. The molecule has 0 amide bonds. The number of carbonyl (C=O) groups excluding carboxylic acids is 2. The van der Waals surface area contributed by atoms with Crippen molar-refractivity contribution in [2.75, 3.05) is 13.2 Å². The molecule has 0 unspecified atom stereocenters. The molecule has 0 saturated heterocycles. The Labute approximate surface area is 199 Å². The molecule has 0 aromatic heterocycles. The van der Waals surface area contributed by atoms with E-state index in [1.54, 1.807) is 0 Å². The van der Waals surface area contributed by atoms with E-state index in [0.29, 0.717) is 12.8 Å². The number of esters is 2. The number of hydrogen-bond donors (Lipinski definition) is 0. The monoisotopic (exact) mass is 514 g/mol. The molecule has 2 heterocycles. The Balaban J connectivity index is 1.16.